The van der Waals surface area contributed by atoms with Crippen molar-refractivity contribution < 1.29 is 9.72 Å². The maximum absolute atomic E-state index is 12.6. The van der Waals surface area contributed by atoms with Crippen molar-refractivity contribution in [3.63, 3.8) is 0 Å². The van der Waals surface area contributed by atoms with Crippen LogP contribution in [0.5, 0.6) is 0 Å². The van der Waals surface area contributed by atoms with E-state index in [9.17, 15) is 14.9 Å². The minimum absolute atomic E-state index is 0.0434. The highest BCUT2D eigenvalue weighted by atomic mass is 35.5. The first kappa shape index (κ1) is 16.9. The molecule has 2 heterocycles. The Kier molecular flexibility index (Phi) is 4.87. The molecule has 2 aromatic rings. The van der Waals surface area contributed by atoms with Gasteiger partial charge < -0.3 is 4.90 Å². The van der Waals surface area contributed by atoms with Crippen LogP contribution in [0.25, 0.3) is 0 Å². The highest BCUT2D eigenvalue weighted by Crippen LogP contribution is 2.39. The maximum atomic E-state index is 12.6. The number of piperidine rings is 1. The van der Waals surface area contributed by atoms with Crippen LogP contribution in [0.15, 0.2) is 30.3 Å². The largest absolute Gasteiger partial charge is 0.365 e. The number of thiophene rings is 1. The third kappa shape index (κ3) is 3.44. The van der Waals surface area contributed by atoms with E-state index >= 15 is 0 Å². The summed E-state index contributed by atoms with van der Waals surface area (Å²) < 4.78 is 0. The molecule has 0 saturated carbocycles. The number of benzene rings is 1. The number of hydrogen-bond acceptors (Lipinski definition) is 5. The van der Waals surface area contributed by atoms with Gasteiger partial charge in [-0.2, -0.15) is 0 Å². The molecule has 0 bridgehead atoms. The molecule has 24 heavy (non-hydrogen) atoms. The summed E-state index contributed by atoms with van der Waals surface area (Å²) >= 11 is 6.79. The first-order chi connectivity index (χ1) is 11.5. The van der Waals surface area contributed by atoms with Crippen LogP contribution in [-0.2, 0) is 0 Å². The number of hydrogen-bond donors (Lipinski definition) is 0. The van der Waals surface area contributed by atoms with Crippen molar-refractivity contribution in [1.29, 1.82) is 0 Å². The van der Waals surface area contributed by atoms with Gasteiger partial charge in [-0.1, -0.05) is 29.9 Å². The molecule has 0 unspecified atom stereocenters. The van der Waals surface area contributed by atoms with Crippen molar-refractivity contribution in [1.82, 2.24) is 0 Å². The molecule has 0 spiro atoms. The molecule has 0 amide bonds. The van der Waals surface area contributed by atoms with Gasteiger partial charge in [-0.05, 0) is 49.1 Å². The molecule has 1 aliphatic rings. The summed E-state index contributed by atoms with van der Waals surface area (Å²) in [7, 11) is 0. The molecule has 0 aliphatic carbocycles. The SMILES string of the molecule is CC1CCN(c2cc(C(=O)c3ccc(Cl)cc3)sc2[N+](=O)[O-])CC1. The molecule has 0 N–H and O–H groups in total. The van der Waals surface area contributed by atoms with Crippen LogP contribution >= 0.6 is 22.9 Å². The number of rotatable bonds is 4. The summed E-state index contributed by atoms with van der Waals surface area (Å²) in [5.41, 5.74) is 1.04. The Hall–Kier alpha value is -1.92. The molecular formula is C17H17ClN2O3S. The lowest BCUT2D eigenvalue weighted by Crippen LogP contribution is -2.32. The summed E-state index contributed by atoms with van der Waals surface area (Å²) in [6.07, 6.45) is 2.01. The zero-order chi connectivity index (χ0) is 17.3. The quantitative estimate of drug-likeness (QED) is 0.445. The van der Waals surface area contributed by atoms with Gasteiger partial charge in [0.25, 0.3) is 0 Å². The average Bonchev–Trinajstić information content (AvgIpc) is 3.01. The summed E-state index contributed by atoms with van der Waals surface area (Å²) in [5, 5.41) is 12.0. The molecule has 5 nitrogen and oxygen atoms in total. The second-order valence-corrected chi connectivity index (χ2v) is 7.53. The van der Waals surface area contributed by atoms with E-state index < -0.39 is 4.92 Å². The minimum Gasteiger partial charge on any atom is -0.365 e. The second kappa shape index (κ2) is 6.91. The lowest BCUT2D eigenvalue weighted by Gasteiger charge is -2.30. The van der Waals surface area contributed by atoms with E-state index in [0.29, 0.717) is 27.1 Å². The van der Waals surface area contributed by atoms with Gasteiger partial charge in [-0.3, -0.25) is 14.9 Å². The molecule has 1 aromatic heterocycles. The third-order valence-corrected chi connectivity index (χ3v) is 5.64. The van der Waals surface area contributed by atoms with E-state index in [1.807, 2.05) is 4.90 Å². The zero-order valence-electron chi connectivity index (χ0n) is 13.2. The smallest absolute Gasteiger partial charge is 0.348 e. The topological polar surface area (TPSA) is 63.5 Å². The molecular weight excluding hydrogens is 348 g/mol. The van der Waals surface area contributed by atoms with Gasteiger partial charge in [0.15, 0.2) is 0 Å². The lowest BCUT2D eigenvalue weighted by molar-refractivity contribution is -0.379. The molecule has 3 rings (SSSR count). The van der Waals surface area contributed by atoms with Gasteiger partial charge in [0.1, 0.15) is 5.69 Å². The summed E-state index contributed by atoms with van der Waals surface area (Å²) in [6, 6.07) is 8.22. The number of carbonyl (C=O) groups excluding carboxylic acids is 1. The number of ketones is 1. The average molecular weight is 365 g/mol. The molecule has 7 heteroatoms. The second-order valence-electron chi connectivity index (χ2n) is 6.06. The number of carbonyl (C=O) groups is 1. The first-order valence-electron chi connectivity index (χ1n) is 7.79. The van der Waals surface area contributed by atoms with Gasteiger partial charge in [-0.15, -0.1) is 0 Å². The van der Waals surface area contributed by atoms with E-state index in [1.165, 1.54) is 0 Å². The Labute approximate surface area is 149 Å². The van der Waals surface area contributed by atoms with Gasteiger partial charge in [0.05, 0.1) is 9.80 Å². The van der Waals surface area contributed by atoms with Crippen molar-refractivity contribution in [2.24, 2.45) is 5.92 Å². The van der Waals surface area contributed by atoms with Crippen LogP contribution in [0.1, 0.15) is 35.0 Å². The first-order valence-corrected chi connectivity index (χ1v) is 8.98. The monoisotopic (exact) mass is 364 g/mol. The van der Waals surface area contributed by atoms with Gasteiger partial charge in [0, 0.05) is 23.7 Å². The number of anilines is 1. The van der Waals surface area contributed by atoms with Crippen LogP contribution in [0.4, 0.5) is 10.7 Å². The molecule has 0 atom stereocenters. The predicted octanol–water partition coefficient (Wildman–Crippen LogP) is 4.78. The van der Waals surface area contributed by atoms with Crippen LogP contribution in [-0.4, -0.2) is 23.8 Å². The van der Waals surface area contributed by atoms with Crippen molar-refractivity contribution in [3.8, 4) is 0 Å². The molecule has 0 radical (unpaired) electrons. The fraction of sp³-hybridized carbons (Fsp3) is 0.353. The predicted molar refractivity (Wildman–Crippen MR) is 96.5 cm³/mol. The Morgan fingerprint density at radius 1 is 1.29 bits per heavy atom. The Balaban J connectivity index is 1.92. The summed E-state index contributed by atoms with van der Waals surface area (Å²) in [5.74, 6) is 0.422. The molecule has 1 aromatic carbocycles. The van der Waals surface area contributed by atoms with Crippen LogP contribution in [0.2, 0.25) is 5.02 Å². The highest BCUT2D eigenvalue weighted by Gasteiger charge is 2.28. The minimum atomic E-state index is -0.392. The summed E-state index contributed by atoms with van der Waals surface area (Å²) in [4.78, 5) is 26.0. The van der Waals surface area contributed by atoms with Crippen LogP contribution < -0.4 is 4.90 Å². The van der Waals surface area contributed by atoms with Gasteiger partial charge in [-0.25, -0.2) is 0 Å². The Bertz CT molecular complexity index is 765. The van der Waals surface area contributed by atoms with Crippen molar-refractivity contribution in [2.75, 3.05) is 18.0 Å². The summed E-state index contributed by atoms with van der Waals surface area (Å²) in [6.45, 7) is 3.76. The van der Waals surface area contributed by atoms with Gasteiger partial charge >= 0.3 is 5.00 Å². The zero-order valence-corrected chi connectivity index (χ0v) is 14.8. The maximum Gasteiger partial charge on any atom is 0.348 e. The number of nitro groups is 1. The molecule has 1 aliphatic heterocycles. The molecule has 126 valence electrons. The van der Waals surface area contributed by atoms with E-state index in [-0.39, 0.29) is 10.8 Å². The van der Waals surface area contributed by atoms with E-state index in [1.54, 1.807) is 30.3 Å². The van der Waals surface area contributed by atoms with Crippen LogP contribution in [0, 0.1) is 16.0 Å². The molecule has 1 saturated heterocycles. The lowest BCUT2D eigenvalue weighted by atomic mass is 9.99. The number of nitrogens with zero attached hydrogens (tertiary/aromatic N) is 2. The Morgan fingerprint density at radius 2 is 1.92 bits per heavy atom. The van der Waals surface area contributed by atoms with Crippen molar-refractivity contribution in [2.45, 2.75) is 19.8 Å². The van der Waals surface area contributed by atoms with Gasteiger partial charge in [0.2, 0.25) is 5.78 Å². The standard InChI is InChI=1S/C17H17ClN2O3S/c1-11-6-8-19(9-7-11)14-10-15(24-17(14)20(22)23)16(21)12-2-4-13(18)5-3-12/h2-5,10-11H,6-9H2,1H3. The van der Waals surface area contributed by atoms with Crippen molar-refractivity contribution in [3.05, 3.63) is 55.9 Å². The van der Waals surface area contributed by atoms with Crippen molar-refractivity contribution >= 4 is 39.4 Å². The van der Waals surface area contributed by atoms with Crippen LogP contribution in [0.3, 0.4) is 0 Å². The van der Waals surface area contributed by atoms with E-state index in [4.69, 9.17) is 11.6 Å². The fourth-order valence-corrected chi connectivity index (χ4v) is 3.92. The van der Waals surface area contributed by atoms with E-state index in [2.05, 4.69) is 6.92 Å². The molecule has 1 fully saturated rings. The van der Waals surface area contributed by atoms with E-state index in [0.717, 1.165) is 37.3 Å². The Morgan fingerprint density at radius 3 is 2.50 bits per heavy atom. The normalized spacial score (nSPS) is 15.5. The third-order valence-electron chi connectivity index (χ3n) is 4.31. The number of halogens is 1. The fourth-order valence-electron chi connectivity index (χ4n) is 2.83. The highest BCUT2D eigenvalue weighted by molar-refractivity contribution is 7.18.